The number of benzene rings is 1. The molecule has 0 N–H and O–H groups in total. The Morgan fingerprint density at radius 2 is 1.94 bits per heavy atom. The number of ether oxygens (including phenoxy) is 2. The molecule has 1 aromatic rings. The van der Waals surface area contributed by atoms with Gasteiger partial charge in [-0.2, -0.15) is 0 Å². The highest BCUT2D eigenvalue weighted by molar-refractivity contribution is 5.36. The molecule has 0 saturated carbocycles. The maximum Gasteiger partial charge on any atom is 0.124 e. The van der Waals surface area contributed by atoms with E-state index in [1.165, 1.54) is 11.1 Å². The summed E-state index contributed by atoms with van der Waals surface area (Å²) in [6.07, 6.45) is 1.10. The fourth-order valence-electron chi connectivity index (χ4n) is 1.99. The van der Waals surface area contributed by atoms with Crippen molar-refractivity contribution >= 4 is 0 Å². The highest BCUT2D eigenvalue weighted by Crippen LogP contribution is 2.35. The van der Waals surface area contributed by atoms with Gasteiger partial charge in [-0.25, -0.2) is 0 Å². The quantitative estimate of drug-likeness (QED) is 0.707. The van der Waals surface area contributed by atoms with Gasteiger partial charge in [-0.15, -0.1) is 0 Å². The van der Waals surface area contributed by atoms with Gasteiger partial charge in [0.1, 0.15) is 5.75 Å². The molecule has 1 aliphatic rings. The van der Waals surface area contributed by atoms with Gasteiger partial charge in [0.25, 0.3) is 0 Å². The van der Waals surface area contributed by atoms with E-state index in [0.29, 0.717) is 0 Å². The third kappa shape index (κ3) is 2.12. The largest absolute Gasteiger partial charge is 0.496 e. The Morgan fingerprint density at radius 3 is 2.62 bits per heavy atom. The number of para-hydroxylation sites is 1. The van der Waals surface area contributed by atoms with Crippen molar-refractivity contribution in [2.75, 3.05) is 13.7 Å². The lowest BCUT2D eigenvalue weighted by Crippen LogP contribution is -2.14. The fourth-order valence-corrected chi connectivity index (χ4v) is 1.99. The lowest BCUT2D eigenvalue weighted by Gasteiger charge is -2.26. The summed E-state index contributed by atoms with van der Waals surface area (Å²) in [7, 11) is 1.70. The second-order valence-corrected chi connectivity index (χ2v) is 4.31. The van der Waals surface area contributed by atoms with Crippen LogP contribution in [0.4, 0.5) is 0 Å². The van der Waals surface area contributed by atoms with Crippen LogP contribution in [0.3, 0.4) is 0 Å². The first-order chi connectivity index (χ1) is 7.72. The topological polar surface area (TPSA) is 18.5 Å². The van der Waals surface area contributed by atoms with Crippen LogP contribution in [0.15, 0.2) is 35.4 Å². The Balaban J connectivity index is 2.26. The Hall–Kier alpha value is -1.28. The minimum absolute atomic E-state index is 0.139. The van der Waals surface area contributed by atoms with Crippen molar-refractivity contribution in [2.24, 2.45) is 0 Å². The molecule has 0 radical (unpaired) electrons. The van der Waals surface area contributed by atoms with E-state index >= 15 is 0 Å². The Kier molecular flexibility index (Phi) is 3.30. The highest BCUT2D eigenvalue weighted by Gasteiger charge is 2.21. The zero-order chi connectivity index (χ0) is 11.5. The van der Waals surface area contributed by atoms with Gasteiger partial charge in [-0.05, 0) is 31.9 Å². The number of hydrogen-bond acceptors (Lipinski definition) is 2. The number of methoxy groups -OCH3 is 1. The van der Waals surface area contributed by atoms with E-state index in [9.17, 15) is 0 Å². The third-order valence-electron chi connectivity index (χ3n) is 3.21. The Labute approximate surface area is 96.9 Å². The average Bonchev–Trinajstić information content (AvgIpc) is 2.32. The van der Waals surface area contributed by atoms with Gasteiger partial charge in [-0.3, -0.25) is 0 Å². The molecule has 1 aliphatic heterocycles. The van der Waals surface area contributed by atoms with E-state index < -0.39 is 0 Å². The summed E-state index contributed by atoms with van der Waals surface area (Å²) in [5, 5.41) is 0. The zero-order valence-electron chi connectivity index (χ0n) is 10.1. The van der Waals surface area contributed by atoms with Crippen LogP contribution in [0, 0.1) is 0 Å². The van der Waals surface area contributed by atoms with E-state index in [0.717, 1.165) is 24.3 Å². The van der Waals surface area contributed by atoms with E-state index in [2.05, 4.69) is 19.9 Å². The molecule has 0 saturated heterocycles. The summed E-state index contributed by atoms with van der Waals surface area (Å²) in [4.78, 5) is 0. The van der Waals surface area contributed by atoms with Crippen LogP contribution in [0.2, 0.25) is 0 Å². The van der Waals surface area contributed by atoms with Gasteiger partial charge in [0.05, 0.1) is 19.8 Å². The van der Waals surface area contributed by atoms with E-state index in [4.69, 9.17) is 9.47 Å². The summed E-state index contributed by atoms with van der Waals surface area (Å²) in [6.45, 7) is 5.04. The molecule has 16 heavy (non-hydrogen) atoms. The molecule has 1 aromatic carbocycles. The molecule has 0 amide bonds. The fraction of sp³-hybridized carbons (Fsp3) is 0.429. The van der Waals surface area contributed by atoms with Gasteiger partial charge in [0.15, 0.2) is 0 Å². The van der Waals surface area contributed by atoms with Crippen LogP contribution in [0.1, 0.15) is 31.9 Å². The smallest absolute Gasteiger partial charge is 0.124 e. The third-order valence-corrected chi connectivity index (χ3v) is 3.21. The van der Waals surface area contributed by atoms with Crippen molar-refractivity contribution in [3.63, 3.8) is 0 Å². The lowest BCUT2D eigenvalue weighted by atomic mass is 9.96. The molecule has 2 nitrogen and oxygen atoms in total. The van der Waals surface area contributed by atoms with Gasteiger partial charge >= 0.3 is 0 Å². The molecule has 86 valence electrons. The van der Waals surface area contributed by atoms with Crippen LogP contribution >= 0.6 is 0 Å². The first kappa shape index (κ1) is 11.2. The molecule has 0 spiro atoms. The van der Waals surface area contributed by atoms with E-state index in [-0.39, 0.29) is 6.10 Å². The molecular formula is C14H18O2. The van der Waals surface area contributed by atoms with Crippen LogP contribution in [-0.2, 0) is 4.74 Å². The van der Waals surface area contributed by atoms with Gasteiger partial charge in [0.2, 0.25) is 0 Å². The first-order valence-corrected chi connectivity index (χ1v) is 5.62. The highest BCUT2D eigenvalue weighted by atomic mass is 16.5. The summed E-state index contributed by atoms with van der Waals surface area (Å²) in [5.74, 6) is 0.917. The van der Waals surface area contributed by atoms with Crippen LogP contribution in [-0.4, -0.2) is 13.7 Å². The molecule has 1 atom stereocenters. The van der Waals surface area contributed by atoms with Gasteiger partial charge < -0.3 is 9.47 Å². The van der Waals surface area contributed by atoms with Crippen molar-refractivity contribution in [1.82, 2.24) is 0 Å². The van der Waals surface area contributed by atoms with Crippen molar-refractivity contribution in [2.45, 2.75) is 26.4 Å². The normalized spacial score (nSPS) is 21.1. The monoisotopic (exact) mass is 218 g/mol. The minimum atomic E-state index is 0.139. The molecule has 0 fully saturated rings. The Morgan fingerprint density at radius 1 is 1.19 bits per heavy atom. The van der Waals surface area contributed by atoms with Crippen molar-refractivity contribution in [3.05, 3.63) is 41.0 Å². The summed E-state index contributed by atoms with van der Waals surface area (Å²) in [6, 6.07) is 8.08. The number of hydrogen-bond donors (Lipinski definition) is 0. The summed E-state index contributed by atoms with van der Waals surface area (Å²) < 4.78 is 11.2. The van der Waals surface area contributed by atoms with Crippen LogP contribution < -0.4 is 4.74 Å². The second kappa shape index (κ2) is 4.71. The number of rotatable bonds is 2. The van der Waals surface area contributed by atoms with Crippen molar-refractivity contribution in [1.29, 1.82) is 0 Å². The Bertz CT molecular complexity index is 407. The van der Waals surface area contributed by atoms with E-state index in [1.54, 1.807) is 7.11 Å². The molecule has 2 rings (SSSR count). The van der Waals surface area contributed by atoms with E-state index in [1.807, 2.05) is 18.2 Å². The second-order valence-electron chi connectivity index (χ2n) is 4.31. The molecule has 0 aromatic heterocycles. The average molecular weight is 218 g/mol. The molecule has 1 unspecified atom stereocenters. The molecule has 2 heteroatoms. The molecular weight excluding hydrogens is 200 g/mol. The van der Waals surface area contributed by atoms with Crippen molar-refractivity contribution < 1.29 is 9.47 Å². The zero-order valence-corrected chi connectivity index (χ0v) is 10.1. The predicted octanol–water partition coefficient (Wildman–Crippen LogP) is 3.49. The van der Waals surface area contributed by atoms with Crippen molar-refractivity contribution in [3.8, 4) is 5.75 Å². The maximum absolute atomic E-state index is 5.85. The standard InChI is InChI=1S/C14H18O2/c1-10-8-14(16-9-11(10)2)12-6-4-5-7-13(12)15-3/h4-7,14H,8-9H2,1-3H3. The molecule has 0 bridgehead atoms. The van der Waals surface area contributed by atoms with Crippen LogP contribution in [0.5, 0.6) is 5.75 Å². The molecule has 0 aliphatic carbocycles. The van der Waals surface area contributed by atoms with Crippen LogP contribution in [0.25, 0.3) is 0 Å². The minimum Gasteiger partial charge on any atom is -0.496 e. The van der Waals surface area contributed by atoms with Gasteiger partial charge in [-0.1, -0.05) is 23.8 Å². The summed E-state index contributed by atoms with van der Waals surface area (Å²) in [5.41, 5.74) is 3.94. The summed E-state index contributed by atoms with van der Waals surface area (Å²) >= 11 is 0. The SMILES string of the molecule is COc1ccccc1C1CC(C)=C(C)CO1. The van der Waals surface area contributed by atoms with Gasteiger partial charge in [0, 0.05) is 5.56 Å². The predicted molar refractivity (Wildman–Crippen MR) is 64.7 cm³/mol. The lowest BCUT2D eigenvalue weighted by molar-refractivity contribution is 0.0560. The maximum atomic E-state index is 5.85. The first-order valence-electron chi connectivity index (χ1n) is 5.62. The molecule has 1 heterocycles.